The minimum absolute atomic E-state index is 0.187. The van der Waals surface area contributed by atoms with Crippen molar-refractivity contribution in [3.8, 4) is 0 Å². The third kappa shape index (κ3) is 5.42. The van der Waals surface area contributed by atoms with Crippen LogP contribution in [0.4, 0.5) is 5.95 Å². The maximum absolute atomic E-state index is 12.3. The standard InChI is InChI=1S/C15H25N5O3/c1-11-8-13(14(22)16-9-12(21)10-19(2)3)18-15(17-11)20-4-6-23-7-5-20/h8,12,21H,4-7,9-10H2,1-3H3,(H,16,22)/t12-/m0/s1. The molecule has 0 spiro atoms. The van der Waals surface area contributed by atoms with E-state index in [-0.39, 0.29) is 12.5 Å². The average Bonchev–Trinajstić information content (AvgIpc) is 2.52. The third-order valence-electron chi connectivity index (χ3n) is 3.44. The smallest absolute Gasteiger partial charge is 0.270 e. The van der Waals surface area contributed by atoms with Crippen LogP contribution in [-0.2, 0) is 4.74 Å². The second kappa shape index (κ2) is 8.19. The molecular formula is C15H25N5O3. The van der Waals surface area contributed by atoms with Crippen molar-refractivity contribution < 1.29 is 14.6 Å². The summed E-state index contributed by atoms with van der Waals surface area (Å²) in [6, 6.07) is 1.65. The Labute approximate surface area is 136 Å². The number of nitrogens with zero attached hydrogens (tertiary/aromatic N) is 4. The molecule has 1 aliphatic heterocycles. The predicted molar refractivity (Wildman–Crippen MR) is 86.7 cm³/mol. The maximum atomic E-state index is 12.3. The summed E-state index contributed by atoms with van der Waals surface area (Å²) in [6.45, 7) is 5.21. The van der Waals surface area contributed by atoms with Gasteiger partial charge in [-0.15, -0.1) is 0 Å². The fourth-order valence-electron chi connectivity index (χ4n) is 2.36. The topological polar surface area (TPSA) is 90.8 Å². The lowest BCUT2D eigenvalue weighted by atomic mass is 10.3. The number of hydrogen-bond acceptors (Lipinski definition) is 7. The van der Waals surface area contributed by atoms with Crippen LogP contribution in [0.15, 0.2) is 6.07 Å². The number of ether oxygens (including phenoxy) is 1. The Hall–Kier alpha value is -1.77. The molecule has 1 fully saturated rings. The molecular weight excluding hydrogens is 298 g/mol. The van der Waals surface area contributed by atoms with Gasteiger partial charge in [0.05, 0.1) is 19.3 Å². The molecule has 23 heavy (non-hydrogen) atoms. The van der Waals surface area contributed by atoms with E-state index in [1.807, 2.05) is 30.8 Å². The van der Waals surface area contributed by atoms with Gasteiger partial charge in [-0.25, -0.2) is 9.97 Å². The van der Waals surface area contributed by atoms with E-state index in [1.54, 1.807) is 6.07 Å². The van der Waals surface area contributed by atoms with Crippen molar-refractivity contribution in [3.63, 3.8) is 0 Å². The van der Waals surface area contributed by atoms with E-state index < -0.39 is 6.10 Å². The highest BCUT2D eigenvalue weighted by Crippen LogP contribution is 2.12. The number of likely N-dealkylation sites (N-methyl/N-ethyl adjacent to an activating group) is 1. The van der Waals surface area contributed by atoms with Gasteiger partial charge < -0.3 is 25.0 Å². The van der Waals surface area contributed by atoms with Crippen molar-refractivity contribution in [1.29, 1.82) is 0 Å². The van der Waals surface area contributed by atoms with Gasteiger partial charge in [0.25, 0.3) is 5.91 Å². The summed E-state index contributed by atoms with van der Waals surface area (Å²) in [6.07, 6.45) is -0.615. The van der Waals surface area contributed by atoms with Crippen molar-refractivity contribution in [1.82, 2.24) is 20.2 Å². The average molecular weight is 323 g/mol. The zero-order valence-corrected chi connectivity index (χ0v) is 13.9. The summed E-state index contributed by atoms with van der Waals surface area (Å²) in [5, 5.41) is 12.5. The van der Waals surface area contributed by atoms with Crippen LogP contribution in [0, 0.1) is 6.92 Å². The summed E-state index contributed by atoms with van der Waals surface area (Å²) in [7, 11) is 3.74. The molecule has 2 N–H and O–H groups in total. The molecule has 2 rings (SSSR count). The van der Waals surface area contributed by atoms with Gasteiger partial charge in [0.1, 0.15) is 5.69 Å². The zero-order chi connectivity index (χ0) is 16.8. The van der Waals surface area contributed by atoms with Crippen molar-refractivity contribution >= 4 is 11.9 Å². The Morgan fingerprint density at radius 2 is 2.13 bits per heavy atom. The first-order chi connectivity index (χ1) is 11.0. The van der Waals surface area contributed by atoms with Crippen LogP contribution in [0.1, 0.15) is 16.2 Å². The van der Waals surface area contributed by atoms with Gasteiger partial charge in [0.15, 0.2) is 0 Å². The minimum atomic E-state index is -0.615. The van der Waals surface area contributed by atoms with E-state index in [0.717, 1.165) is 5.69 Å². The number of hydrogen-bond donors (Lipinski definition) is 2. The van der Waals surface area contributed by atoms with E-state index >= 15 is 0 Å². The number of aliphatic hydroxyl groups excluding tert-OH is 1. The lowest BCUT2D eigenvalue weighted by molar-refractivity contribution is 0.0887. The number of amides is 1. The molecule has 1 aliphatic rings. The molecule has 8 heteroatoms. The molecule has 0 aliphatic carbocycles. The quantitative estimate of drug-likeness (QED) is 0.713. The molecule has 0 unspecified atom stereocenters. The van der Waals surface area contributed by atoms with E-state index in [0.29, 0.717) is 44.5 Å². The summed E-state index contributed by atoms with van der Waals surface area (Å²) in [4.78, 5) is 24.9. The van der Waals surface area contributed by atoms with Gasteiger partial charge in [0.2, 0.25) is 5.95 Å². The van der Waals surface area contributed by atoms with Crippen molar-refractivity contribution in [2.75, 3.05) is 58.4 Å². The lowest BCUT2D eigenvalue weighted by Crippen LogP contribution is -2.39. The Balaban J connectivity index is 2.00. The summed E-state index contributed by atoms with van der Waals surface area (Å²) >= 11 is 0. The Morgan fingerprint density at radius 3 is 2.78 bits per heavy atom. The summed E-state index contributed by atoms with van der Waals surface area (Å²) in [5.74, 6) is 0.245. The second-order valence-electron chi connectivity index (χ2n) is 5.92. The molecule has 0 radical (unpaired) electrons. The summed E-state index contributed by atoms with van der Waals surface area (Å²) in [5.41, 5.74) is 1.05. The first-order valence-corrected chi connectivity index (χ1v) is 7.75. The highest BCUT2D eigenvalue weighted by Gasteiger charge is 2.18. The molecule has 0 bridgehead atoms. The van der Waals surface area contributed by atoms with E-state index in [1.165, 1.54) is 0 Å². The fraction of sp³-hybridized carbons (Fsp3) is 0.667. The maximum Gasteiger partial charge on any atom is 0.270 e. The molecule has 2 heterocycles. The molecule has 1 saturated heterocycles. The highest BCUT2D eigenvalue weighted by atomic mass is 16.5. The largest absolute Gasteiger partial charge is 0.390 e. The molecule has 1 aromatic heterocycles. The van der Waals surface area contributed by atoms with Crippen molar-refractivity contribution in [3.05, 3.63) is 17.5 Å². The number of aryl methyl sites for hydroxylation is 1. The van der Waals surface area contributed by atoms with Crippen LogP contribution in [-0.4, -0.2) is 85.5 Å². The van der Waals surface area contributed by atoms with Crippen molar-refractivity contribution in [2.24, 2.45) is 0 Å². The monoisotopic (exact) mass is 323 g/mol. The first-order valence-electron chi connectivity index (χ1n) is 7.75. The van der Waals surface area contributed by atoms with Gasteiger partial charge >= 0.3 is 0 Å². The Kier molecular flexibility index (Phi) is 6.26. The number of morpholine rings is 1. The number of carbonyl (C=O) groups excluding carboxylic acids is 1. The van der Waals surface area contributed by atoms with Crippen LogP contribution in [0.3, 0.4) is 0 Å². The zero-order valence-electron chi connectivity index (χ0n) is 13.9. The lowest BCUT2D eigenvalue weighted by Gasteiger charge is -2.27. The van der Waals surface area contributed by atoms with Gasteiger partial charge in [0, 0.05) is 31.9 Å². The number of carbonyl (C=O) groups is 1. The van der Waals surface area contributed by atoms with Crippen LogP contribution in [0.2, 0.25) is 0 Å². The number of rotatable bonds is 6. The normalized spacial score (nSPS) is 16.5. The van der Waals surface area contributed by atoms with Crippen LogP contribution < -0.4 is 10.2 Å². The minimum Gasteiger partial charge on any atom is -0.390 e. The summed E-state index contributed by atoms with van der Waals surface area (Å²) < 4.78 is 5.32. The molecule has 1 atom stereocenters. The number of aliphatic hydroxyl groups is 1. The number of aromatic nitrogens is 2. The Morgan fingerprint density at radius 1 is 1.43 bits per heavy atom. The first kappa shape index (κ1) is 17.6. The van der Waals surface area contributed by atoms with Crippen LogP contribution in [0.5, 0.6) is 0 Å². The van der Waals surface area contributed by atoms with Crippen LogP contribution in [0.25, 0.3) is 0 Å². The molecule has 8 nitrogen and oxygen atoms in total. The second-order valence-corrected chi connectivity index (χ2v) is 5.92. The van der Waals surface area contributed by atoms with Gasteiger partial charge in [-0.3, -0.25) is 4.79 Å². The molecule has 1 amide bonds. The van der Waals surface area contributed by atoms with Crippen LogP contribution >= 0.6 is 0 Å². The van der Waals surface area contributed by atoms with Gasteiger partial charge in [-0.2, -0.15) is 0 Å². The fourth-order valence-corrected chi connectivity index (χ4v) is 2.36. The predicted octanol–water partition coefficient (Wildman–Crippen LogP) is -0.726. The SMILES string of the molecule is Cc1cc(C(=O)NC[C@H](O)CN(C)C)nc(N2CCOCC2)n1. The third-order valence-corrected chi connectivity index (χ3v) is 3.44. The van der Waals surface area contributed by atoms with Gasteiger partial charge in [-0.05, 0) is 27.1 Å². The molecule has 0 saturated carbocycles. The number of anilines is 1. The molecule has 1 aromatic rings. The van der Waals surface area contributed by atoms with Gasteiger partial charge in [-0.1, -0.05) is 0 Å². The van der Waals surface area contributed by atoms with Crippen molar-refractivity contribution in [2.45, 2.75) is 13.0 Å². The van der Waals surface area contributed by atoms with E-state index in [9.17, 15) is 9.90 Å². The number of nitrogens with one attached hydrogen (secondary N) is 1. The van der Waals surface area contributed by atoms with E-state index in [2.05, 4.69) is 15.3 Å². The van der Waals surface area contributed by atoms with E-state index in [4.69, 9.17) is 4.74 Å². The molecule has 128 valence electrons. The Bertz CT molecular complexity index is 532. The highest BCUT2D eigenvalue weighted by molar-refractivity contribution is 5.92. The molecule has 0 aromatic carbocycles.